The van der Waals surface area contributed by atoms with Crippen LogP contribution in [-0.4, -0.2) is 41.8 Å². The highest BCUT2D eigenvalue weighted by atomic mass is 16.5. The molecule has 0 aromatic rings. The van der Waals surface area contributed by atoms with Crippen molar-refractivity contribution in [3.05, 3.63) is 17.2 Å². The fraction of sp³-hybridized carbons (Fsp3) is 0.750. The van der Waals surface area contributed by atoms with Crippen LogP contribution < -0.4 is 5.73 Å². The van der Waals surface area contributed by atoms with Gasteiger partial charge in [-0.2, -0.15) is 0 Å². The molecule has 0 saturated carbocycles. The molecule has 2 atom stereocenters. The molecule has 1 saturated heterocycles. The first-order valence-corrected chi connectivity index (χ1v) is 6.42. The summed E-state index contributed by atoms with van der Waals surface area (Å²) in [5, 5.41) is 20.5. The van der Waals surface area contributed by atoms with Crippen molar-refractivity contribution < 1.29 is 9.84 Å². The second-order valence-electron chi connectivity index (χ2n) is 4.03. The number of ether oxygens (including phenoxy) is 1. The molecule has 0 radical (unpaired) electrons. The van der Waals surface area contributed by atoms with Crippen molar-refractivity contribution in [2.75, 3.05) is 13.7 Å². The minimum Gasteiger partial charge on any atom is -0.394 e. The number of aliphatic hydroxyl groups excluding tert-OH is 1. The third-order valence-electron chi connectivity index (χ3n) is 2.63. The van der Waals surface area contributed by atoms with Crippen molar-refractivity contribution in [3.63, 3.8) is 0 Å². The Kier molecular flexibility index (Phi) is 9.87. The van der Waals surface area contributed by atoms with Crippen molar-refractivity contribution in [1.82, 2.24) is 5.01 Å². The van der Waals surface area contributed by atoms with E-state index in [4.69, 9.17) is 15.3 Å². The Hall–Kier alpha value is -1.31. The Labute approximate surface area is 113 Å². The molecular formula is C12H24N4O3. The molecule has 0 bridgehead atoms. The molecule has 1 rings (SSSR count). The van der Waals surface area contributed by atoms with Gasteiger partial charge in [0.1, 0.15) is 0 Å². The van der Waals surface area contributed by atoms with Gasteiger partial charge in [0.2, 0.25) is 0 Å². The SMILES string of the molecule is CCCC(=N)/C=C/N(N=O)C1CCC(CO)O1.CN. The second-order valence-corrected chi connectivity index (χ2v) is 4.03. The first-order valence-electron chi connectivity index (χ1n) is 6.42. The van der Waals surface area contributed by atoms with Crippen LogP contribution >= 0.6 is 0 Å². The Bertz CT molecular complexity index is 297. The normalized spacial score (nSPS) is 21.9. The highest BCUT2D eigenvalue weighted by Crippen LogP contribution is 2.22. The summed E-state index contributed by atoms with van der Waals surface area (Å²) >= 11 is 0. The molecule has 2 unspecified atom stereocenters. The Morgan fingerprint density at radius 2 is 2.26 bits per heavy atom. The largest absolute Gasteiger partial charge is 0.394 e. The average Bonchev–Trinajstić information content (AvgIpc) is 2.91. The van der Waals surface area contributed by atoms with Crippen LogP contribution in [0.15, 0.2) is 17.6 Å². The molecule has 7 nitrogen and oxygen atoms in total. The minimum absolute atomic E-state index is 0.0431. The van der Waals surface area contributed by atoms with Crippen LogP contribution in [0.25, 0.3) is 0 Å². The highest BCUT2D eigenvalue weighted by molar-refractivity contribution is 5.91. The van der Waals surface area contributed by atoms with Crippen molar-refractivity contribution >= 4 is 5.71 Å². The fourth-order valence-electron chi connectivity index (χ4n) is 1.71. The number of nitrogens with two attached hydrogens (primary N) is 1. The van der Waals surface area contributed by atoms with Crippen molar-refractivity contribution in [1.29, 1.82) is 5.41 Å². The predicted molar refractivity (Wildman–Crippen MR) is 74.5 cm³/mol. The molecule has 0 aromatic carbocycles. The van der Waals surface area contributed by atoms with Crippen LogP contribution in [0.2, 0.25) is 0 Å². The van der Waals surface area contributed by atoms with Gasteiger partial charge in [-0.05, 0) is 32.4 Å². The van der Waals surface area contributed by atoms with Gasteiger partial charge in [-0.1, -0.05) is 13.3 Å². The summed E-state index contributed by atoms with van der Waals surface area (Å²) in [5.74, 6) is 0. The monoisotopic (exact) mass is 272 g/mol. The number of nitrogens with zero attached hydrogens (tertiary/aromatic N) is 2. The van der Waals surface area contributed by atoms with Crippen molar-refractivity contribution in [3.8, 4) is 0 Å². The first kappa shape index (κ1) is 17.7. The fourth-order valence-corrected chi connectivity index (χ4v) is 1.71. The molecular weight excluding hydrogens is 248 g/mol. The zero-order valence-electron chi connectivity index (χ0n) is 11.6. The van der Waals surface area contributed by atoms with Crippen LogP contribution in [0.4, 0.5) is 0 Å². The Morgan fingerprint density at radius 1 is 1.58 bits per heavy atom. The van der Waals surface area contributed by atoms with Crippen LogP contribution in [0.1, 0.15) is 32.6 Å². The van der Waals surface area contributed by atoms with Gasteiger partial charge in [0.15, 0.2) is 6.23 Å². The van der Waals surface area contributed by atoms with Gasteiger partial charge in [-0.15, -0.1) is 4.91 Å². The molecule has 1 aliphatic heterocycles. The van der Waals surface area contributed by atoms with E-state index in [-0.39, 0.29) is 12.7 Å². The second kappa shape index (κ2) is 10.6. The molecule has 7 heteroatoms. The van der Waals surface area contributed by atoms with Crippen LogP contribution in [0.3, 0.4) is 0 Å². The molecule has 4 N–H and O–H groups in total. The van der Waals surface area contributed by atoms with E-state index in [1.165, 1.54) is 18.3 Å². The third-order valence-corrected chi connectivity index (χ3v) is 2.63. The summed E-state index contributed by atoms with van der Waals surface area (Å²) in [7, 11) is 1.50. The molecule has 0 aliphatic carbocycles. The molecule has 0 amide bonds. The number of hydrogen-bond donors (Lipinski definition) is 3. The standard InChI is InChI=1S/C11H19N3O3.CH5N/c1-2-3-9(12)6-7-14(13-16)11-5-4-10(8-15)17-11;1-2/h6-7,10-12,15H,2-5,8H2,1H3;2H2,1H3/b7-6+,12-9?;. The van der Waals surface area contributed by atoms with E-state index in [0.29, 0.717) is 25.0 Å². The number of rotatable bonds is 7. The first-order chi connectivity index (χ1) is 9.21. The number of aliphatic hydroxyl groups is 1. The van der Waals surface area contributed by atoms with E-state index >= 15 is 0 Å². The van der Waals surface area contributed by atoms with Crippen LogP contribution in [-0.2, 0) is 4.74 Å². The number of nitrogens with one attached hydrogen (secondary N) is 1. The maximum atomic E-state index is 10.7. The van der Waals surface area contributed by atoms with Gasteiger partial charge in [0, 0.05) is 11.9 Å². The lowest BCUT2D eigenvalue weighted by molar-refractivity contribution is -0.0502. The maximum absolute atomic E-state index is 10.7. The highest BCUT2D eigenvalue weighted by Gasteiger charge is 2.28. The van der Waals surface area contributed by atoms with E-state index in [2.05, 4.69) is 11.0 Å². The summed E-state index contributed by atoms with van der Waals surface area (Å²) in [6, 6.07) is 0. The number of allylic oxidation sites excluding steroid dienone is 1. The van der Waals surface area contributed by atoms with Gasteiger partial charge >= 0.3 is 0 Å². The van der Waals surface area contributed by atoms with Gasteiger partial charge < -0.3 is 21.0 Å². The summed E-state index contributed by atoms with van der Waals surface area (Å²) in [6.45, 7) is 1.95. The number of hydrogen-bond acceptors (Lipinski definition) is 6. The minimum atomic E-state index is -0.421. The van der Waals surface area contributed by atoms with E-state index in [1.54, 1.807) is 6.08 Å². The molecule has 1 aliphatic rings. The van der Waals surface area contributed by atoms with E-state index in [9.17, 15) is 4.91 Å². The average molecular weight is 272 g/mol. The summed E-state index contributed by atoms with van der Waals surface area (Å²) in [5.41, 5.74) is 4.96. The molecule has 0 spiro atoms. The van der Waals surface area contributed by atoms with Gasteiger partial charge in [-0.25, -0.2) is 5.01 Å². The quantitative estimate of drug-likeness (QED) is 0.368. The van der Waals surface area contributed by atoms with E-state index < -0.39 is 6.23 Å². The van der Waals surface area contributed by atoms with Gasteiger partial charge in [0.25, 0.3) is 0 Å². The molecule has 1 heterocycles. The third kappa shape index (κ3) is 6.42. The van der Waals surface area contributed by atoms with Gasteiger partial charge in [-0.3, -0.25) is 0 Å². The summed E-state index contributed by atoms with van der Waals surface area (Å²) in [6.07, 6.45) is 5.33. The lowest BCUT2D eigenvalue weighted by atomic mass is 10.2. The summed E-state index contributed by atoms with van der Waals surface area (Å²) < 4.78 is 5.42. The Balaban J connectivity index is 0.00000154. The zero-order valence-corrected chi connectivity index (χ0v) is 11.6. The van der Waals surface area contributed by atoms with Crippen LogP contribution in [0.5, 0.6) is 0 Å². The summed E-state index contributed by atoms with van der Waals surface area (Å²) in [4.78, 5) is 10.7. The van der Waals surface area contributed by atoms with Crippen LogP contribution in [0, 0.1) is 10.3 Å². The lowest BCUT2D eigenvalue weighted by Crippen LogP contribution is -2.27. The smallest absolute Gasteiger partial charge is 0.153 e. The Morgan fingerprint density at radius 3 is 2.74 bits per heavy atom. The van der Waals surface area contributed by atoms with E-state index in [1.807, 2.05) is 6.92 Å². The molecule has 1 fully saturated rings. The maximum Gasteiger partial charge on any atom is 0.153 e. The van der Waals surface area contributed by atoms with Crippen molar-refractivity contribution in [2.45, 2.75) is 44.9 Å². The molecule has 19 heavy (non-hydrogen) atoms. The predicted octanol–water partition coefficient (Wildman–Crippen LogP) is 1.38. The lowest BCUT2D eigenvalue weighted by Gasteiger charge is -2.18. The topological polar surface area (TPSA) is 112 Å². The molecule has 0 aromatic heterocycles. The van der Waals surface area contributed by atoms with Gasteiger partial charge in [0.05, 0.1) is 18.0 Å². The van der Waals surface area contributed by atoms with E-state index in [0.717, 1.165) is 6.42 Å². The van der Waals surface area contributed by atoms with Crippen molar-refractivity contribution in [2.24, 2.45) is 11.0 Å². The zero-order chi connectivity index (χ0) is 14.7. The molecule has 110 valence electrons. The number of nitroso groups, excluding NO2 is 1.